The zero-order chi connectivity index (χ0) is 12.6. The minimum Gasteiger partial charge on any atom is -0.394 e. The fourth-order valence-electron chi connectivity index (χ4n) is 1.71. The molecule has 0 unspecified atom stereocenters. The van der Waals surface area contributed by atoms with Gasteiger partial charge in [0.2, 0.25) is 0 Å². The quantitative estimate of drug-likeness (QED) is 0.601. The van der Waals surface area contributed by atoms with Gasteiger partial charge in [0.25, 0.3) is 5.56 Å². The smallest absolute Gasteiger partial charge is 0.330 e. The first-order valence-corrected chi connectivity index (χ1v) is 4.94. The molecule has 1 aromatic rings. The highest BCUT2D eigenvalue weighted by atomic mass is 31.0. The molecule has 4 atom stereocenters. The number of aromatic amines is 1. The maximum absolute atomic E-state index is 13.6. The van der Waals surface area contributed by atoms with Crippen molar-refractivity contribution in [2.45, 2.75) is 24.6 Å². The van der Waals surface area contributed by atoms with Crippen LogP contribution in [0.3, 0.4) is 0 Å². The third kappa shape index (κ3) is 2.51. The molecule has 1 aromatic heterocycles. The van der Waals surface area contributed by atoms with Crippen LogP contribution < -0.4 is 11.2 Å². The first-order chi connectivity index (χ1) is 8.04. The van der Waals surface area contributed by atoms with Crippen LogP contribution in [0.25, 0.3) is 0 Å². The molecule has 0 aromatic carbocycles. The van der Waals surface area contributed by atoms with E-state index in [1.165, 1.54) is 0 Å². The third-order valence-corrected chi connectivity index (χ3v) is 2.60. The van der Waals surface area contributed by atoms with Crippen molar-refractivity contribution in [1.82, 2.24) is 9.55 Å². The lowest BCUT2D eigenvalue weighted by Gasteiger charge is -2.15. The van der Waals surface area contributed by atoms with Gasteiger partial charge in [0.15, 0.2) is 12.4 Å². The summed E-state index contributed by atoms with van der Waals surface area (Å²) in [6, 6.07) is 1.04. The Morgan fingerprint density at radius 3 is 2.67 bits per heavy atom. The number of alkyl halides is 1. The summed E-state index contributed by atoms with van der Waals surface area (Å²) < 4.78 is 19.5. The van der Waals surface area contributed by atoms with Crippen LogP contribution in [0, 0.1) is 0 Å². The van der Waals surface area contributed by atoms with Crippen molar-refractivity contribution < 1.29 is 19.3 Å². The molecule has 9 heteroatoms. The molecule has 0 aliphatic carbocycles. The molecule has 1 saturated heterocycles. The molecule has 18 heavy (non-hydrogen) atoms. The molecule has 3 radical (unpaired) electrons. The second-order valence-electron chi connectivity index (χ2n) is 3.70. The van der Waals surface area contributed by atoms with Gasteiger partial charge >= 0.3 is 5.69 Å². The lowest BCUT2D eigenvalue weighted by molar-refractivity contribution is -0.0491. The number of rotatable bonds is 2. The van der Waals surface area contributed by atoms with Crippen LogP contribution in [0.2, 0.25) is 0 Å². The van der Waals surface area contributed by atoms with Crippen molar-refractivity contribution in [3.05, 3.63) is 33.1 Å². The summed E-state index contributed by atoms with van der Waals surface area (Å²) in [4.78, 5) is 24.2. The summed E-state index contributed by atoms with van der Waals surface area (Å²) in [5, 5.41) is 18.2. The van der Waals surface area contributed by atoms with Gasteiger partial charge in [-0.3, -0.25) is 14.3 Å². The summed E-state index contributed by atoms with van der Waals surface area (Å²) >= 11 is 0. The van der Waals surface area contributed by atoms with Gasteiger partial charge in [-0.25, -0.2) is 9.18 Å². The number of aromatic nitrogens is 2. The van der Waals surface area contributed by atoms with E-state index in [-0.39, 0.29) is 9.90 Å². The standard InChI is InChI=1S/C9H11FN2O5.P/c10-6-7(15)4(3-13)17-8(6)12-2-1-5(14)11-9(12)16;/h1-2,4,6-8,13,15H,3H2,(H,11,14,16);/t4-,6-,7-,8-;/m1./s1. The number of ether oxygens (including phenoxy) is 1. The fourth-order valence-corrected chi connectivity index (χ4v) is 1.71. The van der Waals surface area contributed by atoms with Crippen molar-refractivity contribution in [2.24, 2.45) is 0 Å². The molecule has 2 rings (SSSR count). The summed E-state index contributed by atoms with van der Waals surface area (Å²) in [7, 11) is 0. The maximum atomic E-state index is 13.6. The Bertz CT molecular complexity index is 518. The van der Waals surface area contributed by atoms with Gasteiger partial charge in [-0.15, -0.1) is 0 Å². The molecule has 0 spiro atoms. The highest BCUT2D eigenvalue weighted by molar-refractivity contribution is 6.92. The molecular formula is C9H11FN2O5P. The first-order valence-electron chi connectivity index (χ1n) is 4.94. The predicted molar refractivity (Wildman–Crippen MR) is 60.1 cm³/mol. The second kappa shape index (κ2) is 5.71. The van der Waals surface area contributed by atoms with Gasteiger partial charge in [0, 0.05) is 22.2 Å². The van der Waals surface area contributed by atoms with Crippen molar-refractivity contribution in [2.75, 3.05) is 6.61 Å². The van der Waals surface area contributed by atoms with Crippen LogP contribution in [0.15, 0.2) is 21.9 Å². The van der Waals surface area contributed by atoms with E-state index in [0.717, 1.165) is 16.8 Å². The van der Waals surface area contributed by atoms with Crippen molar-refractivity contribution in [3.63, 3.8) is 0 Å². The summed E-state index contributed by atoms with van der Waals surface area (Å²) in [5.74, 6) is 0. The van der Waals surface area contributed by atoms with E-state index in [0.29, 0.717) is 0 Å². The van der Waals surface area contributed by atoms with Crippen molar-refractivity contribution in [1.29, 1.82) is 0 Å². The monoisotopic (exact) mass is 277 g/mol. The van der Waals surface area contributed by atoms with Gasteiger partial charge in [-0.05, 0) is 0 Å². The molecule has 0 saturated carbocycles. The van der Waals surface area contributed by atoms with Crippen molar-refractivity contribution in [3.8, 4) is 0 Å². The highest BCUT2D eigenvalue weighted by Crippen LogP contribution is 2.30. The van der Waals surface area contributed by atoms with Crippen LogP contribution >= 0.6 is 9.90 Å². The van der Waals surface area contributed by atoms with E-state index >= 15 is 0 Å². The summed E-state index contributed by atoms with van der Waals surface area (Å²) in [5.41, 5.74) is -1.45. The molecule has 99 valence electrons. The Labute approximate surface area is 104 Å². The van der Waals surface area contributed by atoms with E-state index < -0.39 is 42.5 Å². The third-order valence-electron chi connectivity index (χ3n) is 2.60. The molecule has 0 bridgehead atoms. The van der Waals surface area contributed by atoms with E-state index in [1.807, 2.05) is 4.98 Å². The number of H-pyrrole nitrogens is 1. The van der Waals surface area contributed by atoms with E-state index in [2.05, 4.69) is 0 Å². The SMILES string of the molecule is O=c1ccn([C@@H]2O[C@H](CO)[C@@H](O)[C@H]2F)c(=O)[nH]1.[P]. The molecular weight excluding hydrogens is 266 g/mol. The molecule has 1 aliphatic heterocycles. The van der Waals surface area contributed by atoms with Crippen LogP contribution in [0.1, 0.15) is 6.23 Å². The van der Waals surface area contributed by atoms with Gasteiger partial charge in [-0.1, -0.05) is 0 Å². The molecule has 7 nitrogen and oxygen atoms in total. The van der Waals surface area contributed by atoms with Crippen molar-refractivity contribution >= 4 is 9.90 Å². The van der Waals surface area contributed by atoms with Gasteiger partial charge in [0.05, 0.1) is 6.61 Å². The Kier molecular flexibility index (Phi) is 4.75. The lowest BCUT2D eigenvalue weighted by atomic mass is 10.1. The zero-order valence-electron chi connectivity index (χ0n) is 9.06. The first kappa shape index (κ1) is 15.0. The number of aliphatic hydroxyl groups is 2. The van der Waals surface area contributed by atoms with Crippen LogP contribution in [-0.2, 0) is 4.74 Å². The maximum Gasteiger partial charge on any atom is 0.330 e. The zero-order valence-corrected chi connectivity index (χ0v) is 9.96. The minimum atomic E-state index is -1.85. The summed E-state index contributed by atoms with van der Waals surface area (Å²) in [6.07, 6.45) is -4.73. The van der Waals surface area contributed by atoms with Gasteiger partial charge in [0.1, 0.15) is 12.2 Å². The highest BCUT2D eigenvalue weighted by Gasteiger charge is 2.45. The Morgan fingerprint density at radius 2 is 2.17 bits per heavy atom. The largest absolute Gasteiger partial charge is 0.394 e. The summed E-state index contributed by atoms with van der Waals surface area (Å²) in [6.45, 7) is -0.559. The van der Waals surface area contributed by atoms with E-state index in [1.54, 1.807) is 0 Å². The molecule has 3 N–H and O–H groups in total. The fraction of sp³-hybridized carbons (Fsp3) is 0.556. The molecule has 2 heterocycles. The average molecular weight is 277 g/mol. The number of nitrogens with one attached hydrogen (secondary N) is 1. The van der Waals surface area contributed by atoms with E-state index in [9.17, 15) is 19.1 Å². The van der Waals surface area contributed by atoms with Gasteiger partial charge < -0.3 is 14.9 Å². The average Bonchev–Trinajstić information content (AvgIpc) is 2.57. The Hall–Kier alpha value is -1.08. The van der Waals surface area contributed by atoms with Crippen LogP contribution in [0.5, 0.6) is 0 Å². The number of aliphatic hydroxyl groups excluding tert-OH is 2. The second-order valence-corrected chi connectivity index (χ2v) is 3.70. The molecule has 0 amide bonds. The Morgan fingerprint density at radius 1 is 1.50 bits per heavy atom. The Balaban J connectivity index is 0.00000162. The van der Waals surface area contributed by atoms with Crippen LogP contribution in [-0.4, -0.2) is 44.8 Å². The molecule has 1 aliphatic rings. The number of nitrogens with zero attached hydrogens (tertiary/aromatic N) is 1. The number of halogens is 1. The normalized spacial score (nSPS) is 31.1. The number of hydrogen-bond donors (Lipinski definition) is 3. The predicted octanol–water partition coefficient (Wildman–Crippen LogP) is -1.01. The minimum absolute atomic E-state index is 0. The topological polar surface area (TPSA) is 105 Å². The lowest BCUT2D eigenvalue weighted by Crippen LogP contribution is -2.35. The number of hydrogen-bond acceptors (Lipinski definition) is 5. The molecule has 1 fully saturated rings. The van der Waals surface area contributed by atoms with Gasteiger partial charge in [-0.2, -0.15) is 0 Å². The van der Waals surface area contributed by atoms with Crippen LogP contribution in [0.4, 0.5) is 4.39 Å². The van der Waals surface area contributed by atoms with E-state index in [4.69, 9.17) is 9.84 Å².